The normalized spacial score (nSPS) is 19.3. The van der Waals surface area contributed by atoms with Gasteiger partial charge in [0.2, 0.25) is 15.9 Å². The zero-order valence-corrected chi connectivity index (χ0v) is 15.8. The maximum atomic E-state index is 13.0. The van der Waals surface area contributed by atoms with Crippen molar-refractivity contribution in [2.75, 3.05) is 59.6 Å². The van der Waals surface area contributed by atoms with Crippen LogP contribution in [0.2, 0.25) is 0 Å². The highest BCUT2D eigenvalue weighted by Gasteiger charge is 2.30. The van der Waals surface area contributed by atoms with Gasteiger partial charge >= 0.3 is 0 Å². The SMILES string of the molecule is COc1ccc(CC(=O)N2CCNCC2)cc1S(=O)(=O)N1CCOCC1. The Hall–Kier alpha value is -1.68. The van der Waals surface area contributed by atoms with Crippen molar-refractivity contribution in [3.63, 3.8) is 0 Å². The Labute approximate surface area is 154 Å². The summed E-state index contributed by atoms with van der Waals surface area (Å²) in [6, 6.07) is 4.93. The molecule has 0 aliphatic carbocycles. The van der Waals surface area contributed by atoms with Crippen molar-refractivity contribution in [3.05, 3.63) is 23.8 Å². The van der Waals surface area contributed by atoms with Gasteiger partial charge in [0.25, 0.3) is 0 Å². The van der Waals surface area contributed by atoms with E-state index >= 15 is 0 Å². The van der Waals surface area contributed by atoms with E-state index in [0.29, 0.717) is 45.0 Å². The molecule has 0 spiro atoms. The van der Waals surface area contributed by atoms with Crippen molar-refractivity contribution in [3.8, 4) is 5.75 Å². The van der Waals surface area contributed by atoms with Gasteiger partial charge in [0.05, 0.1) is 26.7 Å². The van der Waals surface area contributed by atoms with E-state index in [1.54, 1.807) is 23.1 Å². The van der Waals surface area contributed by atoms with Gasteiger partial charge in [0.15, 0.2) is 0 Å². The first-order valence-corrected chi connectivity index (χ1v) is 10.2. The molecule has 26 heavy (non-hydrogen) atoms. The van der Waals surface area contributed by atoms with Gasteiger partial charge in [-0.15, -0.1) is 0 Å². The highest BCUT2D eigenvalue weighted by atomic mass is 32.2. The third-order valence-electron chi connectivity index (χ3n) is 4.64. The van der Waals surface area contributed by atoms with E-state index < -0.39 is 10.0 Å². The lowest BCUT2D eigenvalue weighted by Crippen LogP contribution is -2.46. The molecule has 2 heterocycles. The number of morpholine rings is 1. The molecule has 1 N–H and O–H groups in total. The minimum atomic E-state index is -3.69. The molecule has 2 aliphatic rings. The van der Waals surface area contributed by atoms with Gasteiger partial charge in [-0.3, -0.25) is 4.79 Å². The fourth-order valence-electron chi connectivity index (χ4n) is 3.16. The van der Waals surface area contributed by atoms with Crippen molar-refractivity contribution in [2.24, 2.45) is 0 Å². The van der Waals surface area contributed by atoms with Crippen LogP contribution < -0.4 is 10.1 Å². The number of carbonyl (C=O) groups is 1. The smallest absolute Gasteiger partial charge is 0.246 e. The highest BCUT2D eigenvalue weighted by Crippen LogP contribution is 2.28. The summed E-state index contributed by atoms with van der Waals surface area (Å²) in [6.07, 6.45) is 0.176. The third kappa shape index (κ3) is 4.17. The van der Waals surface area contributed by atoms with Crippen LogP contribution in [0.25, 0.3) is 0 Å². The number of nitrogens with one attached hydrogen (secondary N) is 1. The zero-order valence-electron chi connectivity index (χ0n) is 14.9. The van der Waals surface area contributed by atoms with Crippen molar-refractivity contribution < 1.29 is 22.7 Å². The van der Waals surface area contributed by atoms with Gasteiger partial charge < -0.3 is 19.7 Å². The van der Waals surface area contributed by atoms with Crippen molar-refractivity contribution in [1.82, 2.24) is 14.5 Å². The van der Waals surface area contributed by atoms with Gasteiger partial charge in [-0.2, -0.15) is 4.31 Å². The number of ether oxygens (including phenoxy) is 2. The molecule has 3 rings (SSSR count). The van der Waals surface area contributed by atoms with Crippen LogP contribution in [0.1, 0.15) is 5.56 Å². The Morgan fingerprint density at radius 2 is 1.88 bits per heavy atom. The number of hydrogen-bond acceptors (Lipinski definition) is 6. The molecular formula is C17H25N3O5S. The fraction of sp³-hybridized carbons (Fsp3) is 0.588. The molecule has 0 radical (unpaired) electrons. The molecule has 0 unspecified atom stereocenters. The van der Waals surface area contributed by atoms with E-state index in [0.717, 1.165) is 13.1 Å². The number of sulfonamides is 1. The summed E-state index contributed by atoms with van der Waals surface area (Å²) >= 11 is 0. The lowest BCUT2D eigenvalue weighted by atomic mass is 10.1. The summed E-state index contributed by atoms with van der Waals surface area (Å²) in [5.74, 6) is 0.293. The molecule has 2 aliphatic heterocycles. The highest BCUT2D eigenvalue weighted by molar-refractivity contribution is 7.89. The second kappa shape index (κ2) is 8.34. The first-order valence-electron chi connectivity index (χ1n) is 8.75. The van der Waals surface area contributed by atoms with Gasteiger partial charge in [-0.25, -0.2) is 8.42 Å². The average molecular weight is 383 g/mol. The lowest BCUT2D eigenvalue weighted by Gasteiger charge is -2.28. The molecule has 144 valence electrons. The summed E-state index contributed by atoms with van der Waals surface area (Å²) in [5, 5.41) is 3.21. The van der Waals surface area contributed by atoms with E-state index in [2.05, 4.69) is 5.32 Å². The van der Waals surface area contributed by atoms with Crippen LogP contribution in [0, 0.1) is 0 Å². The number of nitrogens with zero attached hydrogens (tertiary/aromatic N) is 2. The Balaban J connectivity index is 1.83. The fourth-order valence-corrected chi connectivity index (χ4v) is 4.77. The molecule has 0 aromatic heterocycles. The van der Waals surface area contributed by atoms with Crippen LogP contribution in [0.15, 0.2) is 23.1 Å². The molecular weight excluding hydrogens is 358 g/mol. The molecule has 0 bridgehead atoms. The van der Waals surface area contributed by atoms with Crippen LogP contribution in [-0.2, 0) is 26.0 Å². The number of methoxy groups -OCH3 is 1. The first-order chi connectivity index (χ1) is 12.5. The second-order valence-electron chi connectivity index (χ2n) is 6.31. The molecule has 0 saturated carbocycles. The largest absolute Gasteiger partial charge is 0.495 e. The molecule has 2 fully saturated rings. The van der Waals surface area contributed by atoms with Crippen molar-refractivity contribution >= 4 is 15.9 Å². The quantitative estimate of drug-likeness (QED) is 0.751. The van der Waals surface area contributed by atoms with Crippen molar-refractivity contribution in [2.45, 2.75) is 11.3 Å². The number of carbonyl (C=O) groups excluding carboxylic acids is 1. The Morgan fingerprint density at radius 3 is 2.54 bits per heavy atom. The maximum absolute atomic E-state index is 13.0. The van der Waals surface area contributed by atoms with Crippen LogP contribution in [0.4, 0.5) is 0 Å². The molecule has 8 nitrogen and oxygen atoms in total. The van der Waals surface area contributed by atoms with E-state index in [9.17, 15) is 13.2 Å². The molecule has 1 aromatic rings. The third-order valence-corrected chi connectivity index (χ3v) is 6.56. The maximum Gasteiger partial charge on any atom is 0.246 e. The summed E-state index contributed by atoms with van der Waals surface area (Å²) in [4.78, 5) is 14.4. The number of piperazine rings is 1. The van der Waals surface area contributed by atoms with Crippen LogP contribution in [0.5, 0.6) is 5.75 Å². The summed E-state index contributed by atoms with van der Waals surface area (Å²) < 4.78 is 37.9. The number of hydrogen-bond donors (Lipinski definition) is 1. The predicted octanol–water partition coefficient (Wildman–Crippen LogP) is -0.310. The van der Waals surface area contributed by atoms with Crippen LogP contribution in [0.3, 0.4) is 0 Å². The molecule has 9 heteroatoms. The van der Waals surface area contributed by atoms with E-state index in [4.69, 9.17) is 9.47 Å². The second-order valence-corrected chi connectivity index (χ2v) is 8.22. The zero-order chi connectivity index (χ0) is 18.6. The van der Waals surface area contributed by atoms with Gasteiger partial charge in [0, 0.05) is 39.3 Å². The standard InChI is InChI=1S/C17H25N3O5S/c1-24-15-3-2-14(13-17(21)19-6-4-18-5-7-19)12-16(15)26(22,23)20-8-10-25-11-9-20/h2-3,12,18H,4-11,13H2,1H3. The average Bonchev–Trinajstić information content (AvgIpc) is 2.69. The van der Waals surface area contributed by atoms with E-state index in [1.807, 2.05) is 0 Å². The number of benzene rings is 1. The van der Waals surface area contributed by atoms with Gasteiger partial charge in [-0.05, 0) is 17.7 Å². The number of rotatable bonds is 5. The van der Waals surface area contributed by atoms with Crippen LogP contribution >= 0.6 is 0 Å². The van der Waals surface area contributed by atoms with Crippen molar-refractivity contribution in [1.29, 1.82) is 0 Å². The van der Waals surface area contributed by atoms with E-state index in [-0.39, 0.29) is 23.0 Å². The monoisotopic (exact) mass is 383 g/mol. The predicted molar refractivity (Wildman–Crippen MR) is 95.7 cm³/mol. The minimum Gasteiger partial charge on any atom is -0.495 e. The molecule has 2 saturated heterocycles. The van der Waals surface area contributed by atoms with Crippen LogP contribution in [-0.4, -0.2) is 83.1 Å². The summed E-state index contributed by atoms with van der Waals surface area (Å²) in [5.41, 5.74) is 0.668. The molecule has 1 aromatic carbocycles. The molecule has 1 amide bonds. The number of amides is 1. The summed E-state index contributed by atoms with van der Waals surface area (Å²) in [6.45, 7) is 4.30. The van der Waals surface area contributed by atoms with Gasteiger partial charge in [-0.1, -0.05) is 6.07 Å². The Bertz CT molecular complexity index is 741. The van der Waals surface area contributed by atoms with E-state index in [1.165, 1.54) is 11.4 Å². The first kappa shape index (κ1) is 19.1. The summed E-state index contributed by atoms with van der Waals surface area (Å²) in [7, 11) is -2.25. The molecule has 0 atom stereocenters. The Kier molecular flexibility index (Phi) is 6.13. The van der Waals surface area contributed by atoms with Gasteiger partial charge in [0.1, 0.15) is 10.6 Å². The minimum absolute atomic E-state index is 0.00591. The topological polar surface area (TPSA) is 88.2 Å². The Morgan fingerprint density at radius 1 is 1.19 bits per heavy atom. The lowest BCUT2D eigenvalue weighted by molar-refractivity contribution is -0.131.